The molecule has 2 amide bonds. The van der Waals surface area contributed by atoms with Crippen LogP contribution in [0.15, 0.2) is 41.8 Å². The highest BCUT2D eigenvalue weighted by Crippen LogP contribution is 2.46. The predicted molar refractivity (Wildman–Crippen MR) is 92.1 cm³/mol. The summed E-state index contributed by atoms with van der Waals surface area (Å²) in [4.78, 5) is 15.8. The van der Waals surface area contributed by atoms with Gasteiger partial charge >= 0.3 is 6.03 Å². The van der Waals surface area contributed by atoms with Crippen LogP contribution in [0.1, 0.15) is 23.3 Å². The van der Waals surface area contributed by atoms with Gasteiger partial charge in [-0.05, 0) is 35.9 Å². The standard InChI is InChI=1S/C18H20N2O2S/c21-17(19-12-14-4-3-11-23-14)20-13-18(7-9-22-10-8-18)15-5-1-2-6-16(15)20/h1-6,11H,7-10,12-13H2,(H,19,21). The number of para-hydroxylation sites is 1. The number of carbonyl (C=O) groups is 1. The molecule has 1 spiro atoms. The molecule has 1 fully saturated rings. The molecule has 3 heterocycles. The molecule has 1 aromatic heterocycles. The van der Waals surface area contributed by atoms with Crippen LogP contribution in [-0.2, 0) is 16.7 Å². The minimum atomic E-state index is -0.00535. The van der Waals surface area contributed by atoms with E-state index < -0.39 is 0 Å². The zero-order valence-corrected chi connectivity index (χ0v) is 13.8. The smallest absolute Gasteiger partial charge is 0.322 e. The Morgan fingerprint density at radius 2 is 2.04 bits per heavy atom. The van der Waals surface area contributed by atoms with Crippen LogP contribution in [-0.4, -0.2) is 25.8 Å². The number of nitrogens with zero attached hydrogens (tertiary/aromatic N) is 1. The third-order valence-corrected chi connectivity index (χ3v) is 5.79. The lowest BCUT2D eigenvalue weighted by atomic mass is 9.76. The van der Waals surface area contributed by atoms with Crippen LogP contribution in [0.2, 0.25) is 0 Å². The first-order chi connectivity index (χ1) is 11.3. The van der Waals surface area contributed by atoms with Crippen LogP contribution >= 0.6 is 11.3 Å². The number of ether oxygens (including phenoxy) is 1. The number of hydrogen-bond donors (Lipinski definition) is 1. The average Bonchev–Trinajstić information content (AvgIpc) is 3.21. The Morgan fingerprint density at radius 3 is 2.83 bits per heavy atom. The van der Waals surface area contributed by atoms with Gasteiger partial charge in [-0.1, -0.05) is 24.3 Å². The molecule has 0 unspecified atom stereocenters. The van der Waals surface area contributed by atoms with Crippen LogP contribution in [0.25, 0.3) is 0 Å². The second kappa shape index (κ2) is 5.98. The van der Waals surface area contributed by atoms with Crippen molar-refractivity contribution in [2.45, 2.75) is 24.8 Å². The van der Waals surface area contributed by atoms with Gasteiger partial charge in [-0.15, -0.1) is 11.3 Å². The van der Waals surface area contributed by atoms with E-state index in [1.807, 2.05) is 28.5 Å². The molecule has 120 valence electrons. The summed E-state index contributed by atoms with van der Waals surface area (Å²) >= 11 is 1.66. The summed E-state index contributed by atoms with van der Waals surface area (Å²) in [5.74, 6) is 0. The monoisotopic (exact) mass is 328 g/mol. The number of benzene rings is 1. The van der Waals surface area contributed by atoms with Crippen molar-refractivity contribution in [1.82, 2.24) is 5.32 Å². The molecule has 0 bridgehead atoms. The summed E-state index contributed by atoms with van der Waals surface area (Å²) in [5.41, 5.74) is 2.42. The van der Waals surface area contributed by atoms with E-state index in [4.69, 9.17) is 4.74 Å². The minimum absolute atomic E-state index is 0.00535. The topological polar surface area (TPSA) is 41.6 Å². The van der Waals surface area contributed by atoms with Crippen LogP contribution in [0.4, 0.5) is 10.5 Å². The maximum absolute atomic E-state index is 12.7. The van der Waals surface area contributed by atoms with Crippen LogP contribution < -0.4 is 10.2 Å². The molecule has 4 nitrogen and oxygen atoms in total. The van der Waals surface area contributed by atoms with E-state index in [2.05, 4.69) is 23.5 Å². The zero-order valence-electron chi connectivity index (χ0n) is 13.0. The molecule has 0 radical (unpaired) electrons. The summed E-state index contributed by atoms with van der Waals surface area (Å²) < 4.78 is 5.55. The Hall–Kier alpha value is -1.85. The van der Waals surface area contributed by atoms with Gasteiger partial charge in [0.1, 0.15) is 0 Å². The molecule has 1 aromatic carbocycles. The third kappa shape index (κ3) is 2.64. The fourth-order valence-corrected chi connectivity index (χ4v) is 4.32. The number of amides is 2. The highest BCUT2D eigenvalue weighted by molar-refractivity contribution is 7.09. The first-order valence-electron chi connectivity index (χ1n) is 8.04. The van der Waals surface area contributed by atoms with Gasteiger partial charge < -0.3 is 10.1 Å². The molecular formula is C18H20N2O2S. The molecule has 4 rings (SSSR count). The molecule has 2 aromatic rings. The summed E-state index contributed by atoms with van der Waals surface area (Å²) in [5, 5.41) is 5.09. The van der Waals surface area contributed by atoms with Gasteiger partial charge in [-0.3, -0.25) is 4.90 Å². The molecule has 0 saturated carbocycles. The van der Waals surface area contributed by atoms with Crippen molar-refractivity contribution in [2.75, 3.05) is 24.7 Å². The van der Waals surface area contributed by atoms with Gasteiger partial charge in [0.15, 0.2) is 0 Å². The number of carbonyl (C=O) groups excluding carboxylic acids is 1. The molecule has 1 N–H and O–H groups in total. The van der Waals surface area contributed by atoms with Gasteiger partial charge in [0.25, 0.3) is 0 Å². The summed E-state index contributed by atoms with van der Waals surface area (Å²) in [7, 11) is 0. The van der Waals surface area contributed by atoms with Crippen LogP contribution in [0.5, 0.6) is 0 Å². The molecular weight excluding hydrogens is 308 g/mol. The van der Waals surface area contributed by atoms with E-state index in [0.717, 1.165) is 38.3 Å². The third-order valence-electron chi connectivity index (χ3n) is 4.92. The maximum atomic E-state index is 12.7. The van der Waals surface area contributed by atoms with Gasteiger partial charge in [-0.2, -0.15) is 0 Å². The Balaban J connectivity index is 1.56. The molecule has 0 aliphatic carbocycles. The van der Waals surface area contributed by atoms with E-state index in [0.29, 0.717) is 6.54 Å². The number of nitrogens with one attached hydrogen (secondary N) is 1. The number of urea groups is 1. The molecule has 5 heteroatoms. The maximum Gasteiger partial charge on any atom is 0.322 e. The number of rotatable bonds is 2. The zero-order chi connectivity index (χ0) is 15.7. The fraction of sp³-hybridized carbons (Fsp3) is 0.389. The van der Waals surface area contributed by atoms with Gasteiger partial charge in [0.2, 0.25) is 0 Å². The van der Waals surface area contributed by atoms with Crippen molar-refractivity contribution in [2.24, 2.45) is 0 Å². The van der Waals surface area contributed by atoms with Crippen molar-refractivity contribution < 1.29 is 9.53 Å². The first-order valence-corrected chi connectivity index (χ1v) is 8.91. The summed E-state index contributed by atoms with van der Waals surface area (Å²) in [6, 6.07) is 12.4. The molecule has 2 aliphatic rings. The van der Waals surface area contributed by atoms with Crippen molar-refractivity contribution in [3.05, 3.63) is 52.2 Å². The van der Waals surface area contributed by atoms with Gasteiger partial charge in [-0.25, -0.2) is 4.79 Å². The number of hydrogen-bond acceptors (Lipinski definition) is 3. The van der Waals surface area contributed by atoms with Crippen molar-refractivity contribution in [1.29, 1.82) is 0 Å². The van der Waals surface area contributed by atoms with E-state index in [9.17, 15) is 4.79 Å². The second-order valence-corrected chi connectivity index (χ2v) is 7.27. The summed E-state index contributed by atoms with van der Waals surface area (Å²) in [6.45, 7) is 2.90. The Morgan fingerprint density at radius 1 is 1.22 bits per heavy atom. The lowest BCUT2D eigenvalue weighted by molar-refractivity contribution is 0.0556. The van der Waals surface area contributed by atoms with Crippen molar-refractivity contribution in [3.63, 3.8) is 0 Å². The molecule has 0 atom stereocenters. The van der Waals surface area contributed by atoms with E-state index in [1.165, 1.54) is 10.4 Å². The van der Waals surface area contributed by atoms with Crippen molar-refractivity contribution >= 4 is 23.1 Å². The number of anilines is 1. The minimum Gasteiger partial charge on any atom is -0.381 e. The van der Waals surface area contributed by atoms with E-state index >= 15 is 0 Å². The number of fused-ring (bicyclic) bond motifs is 2. The van der Waals surface area contributed by atoms with Gasteiger partial charge in [0.05, 0.1) is 6.54 Å². The van der Waals surface area contributed by atoms with Gasteiger partial charge in [0, 0.05) is 35.7 Å². The van der Waals surface area contributed by atoms with Crippen LogP contribution in [0, 0.1) is 0 Å². The SMILES string of the molecule is O=C(NCc1cccs1)N1CC2(CCOCC2)c2ccccc21. The highest BCUT2D eigenvalue weighted by atomic mass is 32.1. The largest absolute Gasteiger partial charge is 0.381 e. The molecule has 1 saturated heterocycles. The number of thiophene rings is 1. The van der Waals surface area contributed by atoms with E-state index in [1.54, 1.807) is 11.3 Å². The van der Waals surface area contributed by atoms with Crippen molar-refractivity contribution in [3.8, 4) is 0 Å². The Kier molecular flexibility index (Phi) is 3.83. The summed E-state index contributed by atoms with van der Waals surface area (Å²) in [6.07, 6.45) is 1.97. The Bertz CT molecular complexity index is 693. The highest BCUT2D eigenvalue weighted by Gasteiger charge is 2.45. The average molecular weight is 328 g/mol. The Labute approximate surface area is 140 Å². The normalized spacial score (nSPS) is 18.9. The first kappa shape index (κ1) is 14.7. The quantitative estimate of drug-likeness (QED) is 0.916. The lowest BCUT2D eigenvalue weighted by Gasteiger charge is -2.34. The van der Waals surface area contributed by atoms with E-state index in [-0.39, 0.29) is 11.4 Å². The fourth-order valence-electron chi connectivity index (χ4n) is 3.67. The lowest BCUT2D eigenvalue weighted by Crippen LogP contribution is -2.44. The molecule has 23 heavy (non-hydrogen) atoms. The second-order valence-electron chi connectivity index (χ2n) is 6.23. The van der Waals surface area contributed by atoms with Crippen LogP contribution in [0.3, 0.4) is 0 Å². The molecule has 2 aliphatic heterocycles. The predicted octanol–water partition coefficient (Wildman–Crippen LogP) is 3.53.